The van der Waals surface area contributed by atoms with Gasteiger partial charge in [-0.25, -0.2) is 0 Å². The molecule has 0 heterocycles. The summed E-state index contributed by atoms with van der Waals surface area (Å²) in [5.74, 6) is 0. The number of rotatable bonds is 6. The molecule has 98 valence electrons. The van der Waals surface area contributed by atoms with Crippen molar-refractivity contribution in [2.75, 3.05) is 13.1 Å². The summed E-state index contributed by atoms with van der Waals surface area (Å²) < 4.78 is 37.6. The monoisotopic (exact) mass is 240 g/mol. The first-order chi connectivity index (χ1) is 7.22. The predicted molar refractivity (Wildman–Crippen MR) is 60.3 cm³/mol. The van der Waals surface area contributed by atoms with Gasteiger partial charge in [0.2, 0.25) is 0 Å². The lowest BCUT2D eigenvalue weighted by molar-refractivity contribution is -0.165. The molecule has 0 saturated carbocycles. The van der Waals surface area contributed by atoms with Gasteiger partial charge >= 0.3 is 6.18 Å². The molecular weight excluding hydrogens is 217 g/mol. The van der Waals surface area contributed by atoms with E-state index < -0.39 is 18.3 Å². The smallest absolute Gasteiger partial charge is 0.329 e. The molecule has 0 atom stereocenters. The Morgan fingerprint density at radius 2 is 1.56 bits per heavy atom. The lowest BCUT2D eigenvalue weighted by atomic mass is 9.89. The van der Waals surface area contributed by atoms with Crippen molar-refractivity contribution in [3.8, 4) is 0 Å². The topological polar surface area (TPSA) is 29.3 Å². The Hall–Kier alpha value is -0.290. The average molecular weight is 240 g/mol. The van der Waals surface area contributed by atoms with Gasteiger partial charge in [0.1, 0.15) is 0 Å². The van der Waals surface area contributed by atoms with Gasteiger partial charge < -0.3 is 5.73 Å². The minimum Gasteiger partial charge on any atom is -0.329 e. The molecule has 0 amide bonds. The van der Waals surface area contributed by atoms with Crippen LogP contribution in [-0.4, -0.2) is 35.7 Å². The van der Waals surface area contributed by atoms with Gasteiger partial charge in [-0.1, -0.05) is 13.8 Å². The number of halogens is 3. The first kappa shape index (κ1) is 15.7. The normalized spacial score (nSPS) is 13.9. The Labute approximate surface area is 96.0 Å². The van der Waals surface area contributed by atoms with E-state index in [2.05, 4.69) is 0 Å². The minimum atomic E-state index is -4.17. The third-order valence-corrected chi connectivity index (χ3v) is 3.28. The van der Waals surface area contributed by atoms with E-state index >= 15 is 0 Å². The van der Waals surface area contributed by atoms with Crippen molar-refractivity contribution in [3.63, 3.8) is 0 Å². The molecule has 0 bridgehead atoms. The number of hydrogen-bond donors (Lipinski definition) is 1. The van der Waals surface area contributed by atoms with E-state index in [9.17, 15) is 13.2 Å². The second-order valence-electron chi connectivity index (χ2n) is 4.47. The molecule has 16 heavy (non-hydrogen) atoms. The van der Waals surface area contributed by atoms with Crippen molar-refractivity contribution in [2.24, 2.45) is 5.73 Å². The Morgan fingerprint density at radius 3 is 1.75 bits per heavy atom. The zero-order valence-corrected chi connectivity index (χ0v) is 10.6. The van der Waals surface area contributed by atoms with Crippen molar-refractivity contribution < 1.29 is 13.2 Å². The van der Waals surface area contributed by atoms with Crippen molar-refractivity contribution in [2.45, 2.75) is 58.3 Å². The third-order valence-electron chi connectivity index (χ3n) is 3.28. The van der Waals surface area contributed by atoms with Crippen molar-refractivity contribution in [3.05, 3.63) is 0 Å². The highest BCUT2D eigenvalue weighted by Crippen LogP contribution is 2.29. The van der Waals surface area contributed by atoms with Gasteiger partial charge in [0.05, 0.1) is 6.54 Å². The molecule has 0 radical (unpaired) electrons. The van der Waals surface area contributed by atoms with Crippen molar-refractivity contribution in [1.82, 2.24) is 4.90 Å². The number of hydrogen-bond acceptors (Lipinski definition) is 2. The summed E-state index contributed by atoms with van der Waals surface area (Å²) in [6.45, 7) is 6.71. The molecule has 0 aromatic carbocycles. The van der Waals surface area contributed by atoms with Gasteiger partial charge in [-0.2, -0.15) is 13.2 Å². The van der Waals surface area contributed by atoms with E-state index in [1.165, 1.54) is 4.90 Å². The second kappa shape index (κ2) is 5.87. The van der Waals surface area contributed by atoms with Crippen LogP contribution < -0.4 is 5.73 Å². The van der Waals surface area contributed by atoms with Crippen LogP contribution >= 0.6 is 0 Å². The lowest BCUT2D eigenvalue weighted by Crippen LogP contribution is -2.58. The summed E-state index contributed by atoms with van der Waals surface area (Å²) in [6, 6.07) is -0.162. The molecule has 0 fully saturated rings. The first-order valence-corrected chi connectivity index (χ1v) is 5.76. The van der Waals surface area contributed by atoms with E-state index in [-0.39, 0.29) is 12.6 Å². The number of nitrogens with zero attached hydrogens (tertiary/aromatic N) is 1. The summed E-state index contributed by atoms with van der Waals surface area (Å²) in [7, 11) is 0. The van der Waals surface area contributed by atoms with Gasteiger partial charge in [0.15, 0.2) is 0 Å². The van der Waals surface area contributed by atoms with E-state index in [4.69, 9.17) is 5.73 Å². The Balaban J connectivity index is 5.00. The van der Waals surface area contributed by atoms with Crippen LogP contribution in [-0.2, 0) is 0 Å². The highest BCUT2D eigenvalue weighted by Gasteiger charge is 2.41. The number of alkyl halides is 3. The van der Waals surface area contributed by atoms with E-state index in [0.29, 0.717) is 12.8 Å². The molecule has 0 aliphatic rings. The number of nitrogens with two attached hydrogens (primary N) is 1. The van der Waals surface area contributed by atoms with Gasteiger partial charge in [-0.15, -0.1) is 0 Å². The van der Waals surface area contributed by atoms with Crippen LogP contribution in [0.15, 0.2) is 0 Å². The Morgan fingerprint density at radius 1 is 1.12 bits per heavy atom. The van der Waals surface area contributed by atoms with Gasteiger partial charge in [-0.05, 0) is 26.7 Å². The zero-order valence-electron chi connectivity index (χ0n) is 10.6. The molecule has 0 aliphatic carbocycles. The fraction of sp³-hybridized carbons (Fsp3) is 1.00. The molecule has 0 spiro atoms. The summed E-state index contributed by atoms with van der Waals surface area (Å²) in [5.41, 5.74) is 5.14. The minimum absolute atomic E-state index is 0.162. The summed E-state index contributed by atoms with van der Waals surface area (Å²) in [4.78, 5) is 1.48. The van der Waals surface area contributed by atoms with E-state index in [0.717, 1.165) is 0 Å². The molecule has 2 nitrogen and oxygen atoms in total. The van der Waals surface area contributed by atoms with Crippen LogP contribution in [0.2, 0.25) is 0 Å². The fourth-order valence-electron chi connectivity index (χ4n) is 2.15. The van der Waals surface area contributed by atoms with Crippen LogP contribution in [0.1, 0.15) is 40.5 Å². The highest BCUT2D eigenvalue weighted by molar-refractivity contribution is 4.92. The van der Waals surface area contributed by atoms with Gasteiger partial charge in [-0.3, -0.25) is 4.90 Å². The zero-order chi connectivity index (χ0) is 13.0. The SMILES string of the molecule is CCC(CC)(CN)N(CC(F)(F)F)C(C)C. The van der Waals surface area contributed by atoms with Crippen LogP contribution in [0.25, 0.3) is 0 Å². The van der Waals surface area contributed by atoms with Crippen LogP contribution in [0.3, 0.4) is 0 Å². The third kappa shape index (κ3) is 3.94. The van der Waals surface area contributed by atoms with E-state index in [1.807, 2.05) is 13.8 Å². The maximum atomic E-state index is 12.5. The molecule has 0 rings (SSSR count). The molecule has 0 aromatic rings. The first-order valence-electron chi connectivity index (χ1n) is 5.76. The molecule has 0 saturated heterocycles. The van der Waals surface area contributed by atoms with Crippen LogP contribution in [0.4, 0.5) is 13.2 Å². The second-order valence-corrected chi connectivity index (χ2v) is 4.47. The summed E-state index contributed by atoms with van der Waals surface area (Å²) in [5, 5.41) is 0. The molecule has 0 aliphatic heterocycles. The predicted octanol–water partition coefficient (Wildman–Crippen LogP) is 2.78. The standard InChI is InChI=1S/C11H23F3N2/c1-5-10(6-2,7-15)16(9(3)4)8-11(12,13)14/h9H,5-8,15H2,1-4H3. The fourth-order valence-corrected chi connectivity index (χ4v) is 2.15. The lowest BCUT2D eigenvalue weighted by Gasteiger charge is -2.45. The van der Waals surface area contributed by atoms with Crippen molar-refractivity contribution >= 4 is 0 Å². The van der Waals surface area contributed by atoms with Crippen LogP contribution in [0.5, 0.6) is 0 Å². The van der Waals surface area contributed by atoms with Gasteiger partial charge in [0.25, 0.3) is 0 Å². The maximum Gasteiger partial charge on any atom is 0.401 e. The molecule has 5 heteroatoms. The molecule has 2 N–H and O–H groups in total. The Bertz CT molecular complexity index is 190. The largest absolute Gasteiger partial charge is 0.401 e. The Kier molecular flexibility index (Phi) is 5.76. The molecule has 0 aromatic heterocycles. The summed E-state index contributed by atoms with van der Waals surface area (Å²) in [6.07, 6.45) is -2.91. The van der Waals surface area contributed by atoms with Crippen LogP contribution in [0, 0.1) is 0 Å². The maximum absolute atomic E-state index is 12.5. The summed E-state index contributed by atoms with van der Waals surface area (Å²) >= 11 is 0. The van der Waals surface area contributed by atoms with Gasteiger partial charge in [0, 0.05) is 18.1 Å². The average Bonchev–Trinajstić information content (AvgIpc) is 2.17. The van der Waals surface area contributed by atoms with E-state index in [1.54, 1.807) is 13.8 Å². The molecular formula is C11H23F3N2. The quantitative estimate of drug-likeness (QED) is 0.773. The molecule has 0 unspecified atom stereocenters. The highest BCUT2D eigenvalue weighted by atomic mass is 19.4. The van der Waals surface area contributed by atoms with Crippen molar-refractivity contribution in [1.29, 1.82) is 0 Å².